The molecule has 0 N–H and O–H groups in total. The highest BCUT2D eigenvalue weighted by Crippen LogP contribution is 2.53. The molecule has 0 fully saturated rings. The van der Waals surface area contributed by atoms with Gasteiger partial charge in [0.2, 0.25) is 0 Å². The van der Waals surface area contributed by atoms with E-state index in [4.69, 9.17) is 11.6 Å². The van der Waals surface area contributed by atoms with Gasteiger partial charge in [0, 0.05) is 56.9 Å². The topological polar surface area (TPSA) is 13.0 Å². The normalized spacial score (nSPS) is 14.0. The van der Waals surface area contributed by atoms with Crippen LogP contribution in [-0.4, -0.2) is 6.71 Å². The predicted molar refractivity (Wildman–Crippen MR) is 506 cm³/mol. The number of nitrogens with zero attached hydrogens (tertiary/aromatic N) is 4. The van der Waals surface area contributed by atoms with Crippen LogP contribution >= 0.6 is 11.6 Å². The molecule has 602 valence electrons. The highest BCUT2D eigenvalue weighted by atomic mass is 35.5. The molecule has 10 aromatic rings. The standard InChI is InChI=1S/C54H69BN2.C54H71ClN2/c1-49(2,3)34-22-24-42-46(32-34)56(40-28-36(51(7,8)9)26-37(29-40)52(10,11)12)44-20-19-21-45-48(44)55(42)43-25-23-35(50(4,5)6)33-47(43)57(45)41-30-38(53(13,14)15)27-39(31-41)54(16,17)18;1-49(2,3)36-22-19-24-42(30-36)56(44-32-38(51(7,8)9)28-39(33-44)52(10,11)12)46-26-21-27-47(48(46)55)57(43-25-20-23-37(31-43)50(4,5)6)45-34-40(53(13,14)15)29-41(35-45)54(16,17)18/h19-33H,1-18H3;19-35H,1-18H3. The average Bonchev–Trinajstić information content (AvgIpc) is 0.694. The number of anilines is 12. The molecule has 2 heterocycles. The molecule has 0 radical (unpaired) electrons. The Morgan fingerprint density at radius 2 is 0.447 bits per heavy atom. The second-order valence-corrected chi connectivity index (χ2v) is 46.2. The van der Waals surface area contributed by atoms with Crippen molar-refractivity contribution in [3.8, 4) is 0 Å². The van der Waals surface area contributed by atoms with E-state index in [2.05, 4.69) is 463 Å². The smallest absolute Gasteiger partial charge is 0.252 e. The summed E-state index contributed by atoms with van der Waals surface area (Å²) >= 11 is 7.99. The number of hydrogen-bond donors (Lipinski definition) is 0. The minimum atomic E-state index is -0.0573. The summed E-state index contributed by atoms with van der Waals surface area (Å²) in [4.78, 5) is 10.0. The summed E-state index contributed by atoms with van der Waals surface area (Å²) in [5, 5.41) is 0.691. The molecule has 12 rings (SSSR count). The Morgan fingerprint density at radius 1 is 0.219 bits per heavy atom. The van der Waals surface area contributed by atoms with Gasteiger partial charge >= 0.3 is 0 Å². The van der Waals surface area contributed by atoms with Crippen LogP contribution in [0.25, 0.3) is 0 Å². The van der Waals surface area contributed by atoms with Crippen molar-refractivity contribution < 1.29 is 0 Å². The number of fused-ring (bicyclic) bond motifs is 4. The molecule has 0 spiro atoms. The summed E-state index contributed by atoms with van der Waals surface area (Å²) in [7, 11) is 0. The molecule has 2 aliphatic rings. The molecule has 0 aliphatic carbocycles. The molecule has 0 unspecified atom stereocenters. The van der Waals surface area contributed by atoms with E-state index in [0.29, 0.717) is 5.02 Å². The van der Waals surface area contributed by atoms with Crippen LogP contribution in [0.15, 0.2) is 194 Å². The summed E-state index contributed by atoms with van der Waals surface area (Å²) < 4.78 is 0. The van der Waals surface area contributed by atoms with Crippen LogP contribution in [0.1, 0.15) is 316 Å². The molecule has 0 atom stereocenters. The maximum absolute atomic E-state index is 7.99. The van der Waals surface area contributed by atoms with Gasteiger partial charge in [0.05, 0.1) is 16.4 Å². The van der Waals surface area contributed by atoms with Crippen LogP contribution in [0, 0.1) is 0 Å². The largest absolute Gasteiger partial charge is 0.311 e. The van der Waals surface area contributed by atoms with Crippen molar-refractivity contribution >= 4 is 103 Å². The SMILES string of the molecule is CC(C)(C)c1cc(N2c3cc(C(C)(C)C)ccc3B3c4ccc(C(C)(C)C)cc4N(c4cc(C(C)(C)C)cc(C(C)(C)C)c4)c4cccc2c43)cc(C(C)(C)C)c1.CC(C)(C)c1cccc(N(c2cc(C(C)(C)C)cc(C(C)(C)C)c2)c2cccc(N(c3cccc(C(C)(C)C)c3)c3cc(C(C)(C)C)cc(C(C)(C)C)c3)c2Cl)c1. The van der Waals surface area contributed by atoms with Gasteiger partial charge in [-0.3, -0.25) is 0 Å². The molecule has 6 heteroatoms. The van der Waals surface area contributed by atoms with E-state index in [1.807, 2.05) is 0 Å². The Kier molecular flexibility index (Phi) is 22.6. The zero-order chi connectivity index (χ0) is 84.7. The van der Waals surface area contributed by atoms with Crippen molar-refractivity contribution in [1.82, 2.24) is 0 Å². The molecular weight excluding hydrogens is 1400 g/mol. The third kappa shape index (κ3) is 18.1. The maximum atomic E-state index is 7.99. The van der Waals surface area contributed by atoms with Gasteiger partial charge in [-0.1, -0.05) is 346 Å². The van der Waals surface area contributed by atoms with Crippen LogP contribution in [0.3, 0.4) is 0 Å². The molecule has 0 saturated carbocycles. The Hall–Kier alpha value is -8.25. The van der Waals surface area contributed by atoms with Crippen LogP contribution < -0.4 is 36.0 Å². The van der Waals surface area contributed by atoms with Crippen molar-refractivity contribution in [3.63, 3.8) is 0 Å². The van der Waals surface area contributed by atoms with Crippen molar-refractivity contribution in [2.24, 2.45) is 0 Å². The first-order chi connectivity index (χ1) is 52.0. The summed E-state index contributed by atoms with van der Waals surface area (Å²) in [6.45, 7) is 83.6. The quantitative estimate of drug-likeness (QED) is 0.141. The lowest BCUT2D eigenvalue weighted by molar-refractivity contribution is 0.568. The van der Waals surface area contributed by atoms with Gasteiger partial charge in [0.25, 0.3) is 6.71 Å². The van der Waals surface area contributed by atoms with Gasteiger partial charge in [-0.25, -0.2) is 0 Å². The van der Waals surface area contributed by atoms with Gasteiger partial charge in [-0.15, -0.1) is 0 Å². The molecule has 10 aromatic carbocycles. The second-order valence-electron chi connectivity index (χ2n) is 45.8. The van der Waals surface area contributed by atoms with Crippen LogP contribution in [0.5, 0.6) is 0 Å². The van der Waals surface area contributed by atoms with E-state index in [1.54, 1.807) is 0 Å². The van der Waals surface area contributed by atoms with E-state index in [-0.39, 0.29) is 71.7 Å². The average molecular weight is 1540 g/mol. The van der Waals surface area contributed by atoms with Crippen molar-refractivity contribution in [2.75, 3.05) is 19.6 Å². The molecule has 4 nitrogen and oxygen atoms in total. The summed E-state index contributed by atoms with van der Waals surface area (Å²) in [6.07, 6.45) is 0. The Bertz CT molecular complexity index is 4800. The molecule has 2 aliphatic heterocycles. The zero-order valence-electron chi connectivity index (χ0n) is 77.2. The molecule has 0 saturated heterocycles. The highest BCUT2D eigenvalue weighted by molar-refractivity contribution is 7.00. The zero-order valence-corrected chi connectivity index (χ0v) is 78.0. The summed E-state index contributed by atoms with van der Waals surface area (Å²) in [5.74, 6) is 0. The van der Waals surface area contributed by atoms with Gasteiger partial charge in [0.15, 0.2) is 0 Å². The minimum Gasteiger partial charge on any atom is -0.311 e. The Morgan fingerprint density at radius 3 is 0.711 bits per heavy atom. The number of benzene rings is 10. The van der Waals surface area contributed by atoms with Crippen molar-refractivity contribution in [2.45, 2.75) is 314 Å². The molecule has 114 heavy (non-hydrogen) atoms. The maximum Gasteiger partial charge on any atom is 0.252 e. The third-order valence-electron chi connectivity index (χ3n) is 23.7. The first kappa shape index (κ1) is 86.6. The van der Waals surface area contributed by atoms with E-state index in [0.717, 1.165) is 34.1 Å². The first-order valence-electron chi connectivity index (χ1n) is 42.3. The van der Waals surface area contributed by atoms with Gasteiger partial charge in [0.1, 0.15) is 0 Å². The Balaban J connectivity index is 0.000000225. The van der Waals surface area contributed by atoms with Crippen molar-refractivity contribution in [1.29, 1.82) is 0 Å². The molecule has 0 aromatic heterocycles. The van der Waals surface area contributed by atoms with Crippen molar-refractivity contribution in [3.05, 3.63) is 266 Å². The molecular formula is C108H140BClN4. The first-order valence-corrected chi connectivity index (χ1v) is 42.7. The van der Waals surface area contributed by atoms with E-state index in [9.17, 15) is 0 Å². The highest BCUT2D eigenvalue weighted by Gasteiger charge is 2.45. The van der Waals surface area contributed by atoms with Gasteiger partial charge < -0.3 is 19.6 Å². The van der Waals surface area contributed by atoms with Crippen LogP contribution in [0.4, 0.5) is 68.2 Å². The van der Waals surface area contributed by atoms with Crippen LogP contribution in [-0.2, 0) is 65.0 Å². The summed E-state index contributed by atoms with van der Waals surface area (Å²) in [6, 6.07) is 75.4. The van der Waals surface area contributed by atoms with E-state index in [1.165, 1.54) is 117 Å². The third-order valence-corrected chi connectivity index (χ3v) is 24.1. The fourth-order valence-electron chi connectivity index (χ4n) is 15.8. The summed E-state index contributed by atoms with van der Waals surface area (Å²) in [5.41, 5.74) is 33.4. The number of halogens is 1. The fraction of sp³-hybridized carbons (Fsp3) is 0.444. The lowest BCUT2D eigenvalue weighted by Crippen LogP contribution is -2.61. The molecule has 0 amide bonds. The minimum absolute atomic E-state index is 0.00162. The van der Waals surface area contributed by atoms with E-state index >= 15 is 0 Å². The second kappa shape index (κ2) is 29.7. The predicted octanol–water partition coefficient (Wildman–Crippen LogP) is 30.6. The van der Waals surface area contributed by atoms with E-state index < -0.39 is 0 Å². The number of hydrogen-bond acceptors (Lipinski definition) is 4. The molecule has 0 bridgehead atoms. The Labute approximate surface area is 698 Å². The lowest BCUT2D eigenvalue weighted by atomic mass is 9.33. The van der Waals surface area contributed by atoms with Crippen LogP contribution in [0.2, 0.25) is 5.02 Å². The van der Waals surface area contributed by atoms with Gasteiger partial charge in [-0.2, -0.15) is 0 Å². The monoisotopic (exact) mass is 1540 g/mol. The fourth-order valence-corrected chi connectivity index (χ4v) is 16.1. The van der Waals surface area contributed by atoms with Gasteiger partial charge in [-0.05, 0) is 257 Å². The lowest BCUT2D eigenvalue weighted by Gasteiger charge is -2.45. The number of rotatable bonds is 8.